The molecule has 1 amide bonds. The molecule has 0 aromatic heterocycles. The molecule has 0 radical (unpaired) electrons. The summed E-state index contributed by atoms with van der Waals surface area (Å²) in [6, 6.07) is 11.3. The molecule has 2 rings (SSSR count). The summed E-state index contributed by atoms with van der Waals surface area (Å²) in [6.45, 7) is 1.91. The smallest absolute Gasteiger partial charge is 0.251 e. The lowest BCUT2D eigenvalue weighted by atomic mass is 10.1. The number of nitrogens with one attached hydrogen (secondary N) is 1. The normalized spacial score (nSPS) is 12.0. The molecular weight excluding hydrogens is 335 g/mol. The van der Waals surface area contributed by atoms with E-state index in [0.29, 0.717) is 17.7 Å². The molecule has 0 aliphatic rings. The van der Waals surface area contributed by atoms with E-state index in [0.717, 1.165) is 10.0 Å². The quantitative estimate of drug-likeness (QED) is 0.828. The van der Waals surface area contributed by atoms with Crippen LogP contribution in [0.2, 0.25) is 0 Å². The maximum atomic E-state index is 12.8. The van der Waals surface area contributed by atoms with Crippen LogP contribution in [0, 0.1) is 5.82 Å². The van der Waals surface area contributed by atoms with Crippen molar-refractivity contribution in [2.45, 2.75) is 19.4 Å². The first kappa shape index (κ1) is 15.5. The van der Waals surface area contributed by atoms with Crippen LogP contribution in [0.4, 0.5) is 10.1 Å². The van der Waals surface area contributed by atoms with Crippen LogP contribution in [0.3, 0.4) is 0 Å². The minimum atomic E-state index is -0.263. The monoisotopic (exact) mass is 350 g/mol. The Hall–Kier alpha value is -1.88. The predicted octanol–water partition coefficient (Wildman–Crippen LogP) is 3.53. The van der Waals surface area contributed by atoms with Crippen molar-refractivity contribution in [3.63, 3.8) is 0 Å². The molecule has 3 nitrogen and oxygen atoms in total. The molecule has 0 aliphatic carbocycles. The Labute approximate surface area is 131 Å². The van der Waals surface area contributed by atoms with E-state index in [1.54, 1.807) is 30.3 Å². The first-order valence-electron chi connectivity index (χ1n) is 6.56. The van der Waals surface area contributed by atoms with Crippen molar-refractivity contribution >= 4 is 27.5 Å². The summed E-state index contributed by atoms with van der Waals surface area (Å²) in [5.41, 5.74) is 7.77. The van der Waals surface area contributed by atoms with E-state index in [2.05, 4.69) is 21.2 Å². The van der Waals surface area contributed by atoms with E-state index < -0.39 is 0 Å². The summed E-state index contributed by atoms with van der Waals surface area (Å²) < 4.78 is 13.6. The zero-order valence-electron chi connectivity index (χ0n) is 11.6. The zero-order valence-corrected chi connectivity index (χ0v) is 13.2. The van der Waals surface area contributed by atoms with Gasteiger partial charge in [-0.2, -0.15) is 0 Å². The van der Waals surface area contributed by atoms with Crippen LogP contribution in [0.1, 0.15) is 22.8 Å². The van der Waals surface area contributed by atoms with E-state index in [-0.39, 0.29) is 17.8 Å². The van der Waals surface area contributed by atoms with Gasteiger partial charge in [0.05, 0.1) is 0 Å². The Bertz CT molecular complexity index is 643. The second-order valence-electron chi connectivity index (χ2n) is 4.94. The van der Waals surface area contributed by atoms with Gasteiger partial charge in [-0.15, -0.1) is 0 Å². The zero-order chi connectivity index (χ0) is 15.4. The fraction of sp³-hybridized carbons (Fsp3) is 0.188. The standard InChI is InChI=1S/C16H16BrFN2O/c1-10(8-11-2-5-13(18)6-3-11)20-16(21)12-4-7-14(17)15(19)9-12/h2-7,9-10H,8,19H2,1H3,(H,20,21). The number of rotatable bonds is 4. The number of benzene rings is 2. The van der Waals surface area contributed by atoms with Crippen molar-refractivity contribution in [1.82, 2.24) is 5.32 Å². The van der Waals surface area contributed by atoms with Crippen LogP contribution in [0.15, 0.2) is 46.9 Å². The molecule has 0 spiro atoms. The fourth-order valence-corrected chi connectivity index (χ4v) is 2.26. The Kier molecular flexibility index (Phi) is 4.96. The van der Waals surface area contributed by atoms with E-state index in [1.165, 1.54) is 12.1 Å². The first-order valence-corrected chi connectivity index (χ1v) is 7.35. The van der Waals surface area contributed by atoms with Gasteiger partial charge in [-0.25, -0.2) is 4.39 Å². The second kappa shape index (κ2) is 6.72. The third-order valence-electron chi connectivity index (χ3n) is 3.09. The highest BCUT2D eigenvalue weighted by molar-refractivity contribution is 9.10. The Morgan fingerprint density at radius 1 is 1.29 bits per heavy atom. The molecule has 3 N–H and O–H groups in total. The van der Waals surface area contributed by atoms with E-state index in [1.807, 2.05) is 6.92 Å². The van der Waals surface area contributed by atoms with Crippen molar-refractivity contribution in [3.05, 3.63) is 63.9 Å². The van der Waals surface area contributed by atoms with Crippen LogP contribution in [-0.2, 0) is 6.42 Å². The number of nitrogen functional groups attached to an aromatic ring is 1. The molecule has 0 saturated heterocycles. The summed E-state index contributed by atoms with van der Waals surface area (Å²) in [5.74, 6) is -0.440. The van der Waals surface area contributed by atoms with E-state index in [4.69, 9.17) is 5.73 Å². The fourth-order valence-electron chi connectivity index (χ4n) is 2.02. The molecule has 0 aliphatic heterocycles. The average molecular weight is 351 g/mol. The van der Waals surface area contributed by atoms with Crippen molar-refractivity contribution in [2.24, 2.45) is 0 Å². The number of halogens is 2. The highest BCUT2D eigenvalue weighted by atomic mass is 79.9. The van der Waals surface area contributed by atoms with E-state index >= 15 is 0 Å². The van der Waals surface area contributed by atoms with Crippen molar-refractivity contribution < 1.29 is 9.18 Å². The van der Waals surface area contributed by atoms with Gasteiger partial charge >= 0.3 is 0 Å². The van der Waals surface area contributed by atoms with Crippen LogP contribution < -0.4 is 11.1 Å². The number of hydrogen-bond acceptors (Lipinski definition) is 2. The lowest BCUT2D eigenvalue weighted by molar-refractivity contribution is 0.0940. The number of carbonyl (C=O) groups is 1. The number of nitrogens with two attached hydrogens (primary N) is 1. The minimum absolute atomic E-state index is 0.0622. The molecule has 21 heavy (non-hydrogen) atoms. The molecule has 0 heterocycles. The number of anilines is 1. The Morgan fingerprint density at radius 3 is 2.57 bits per heavy atom. The molecule has 5 heteroatoms. The van der Waals surface area contributed by atoms with Gasteiger partial charge in [0, 0.05) is 21.8 Å². The number of amides is 1. The Morgan fingerprint density at radius 2 is 1.95 bits per heavy atom. The van der Waals surface area contributed by atoms with Gasteiger partial charge in [0.15, 0.2) is 0 Å². The molecular formula is C16H16BrFN2O. The molecule has 0 fully saturated rings. The average Bonchev–Trinajstić information content (AvgIpc) is 2.44. The van der Waals surface area contributed by atoms with Gasteiger partial charge in [0.25, 0.3) is 5.91 Å². The third kappa shape index (κ3) is 4.29. The van der Waals surface area contributed by atoms with Gasteiger partial charge in [-0.05, 0) is 65.2 Å². The highest BCUT2D eigenvalue weighted by Gasteiger charge is 2.11. The molecule has 1 unspecified atom stereocenters. The SMILES string of the molecule is CC(Cc1ccc(F)cc1)NC(=O)c1ccc(Br)c(N)c1. The first-order chi connectivity index (χ1) is 9.95. The van der Waals surface area contributed by atoms with Crippen molar-refractivity contribution in [2.75, 3.05) is 5.73 Å². The van der Waals surface area contributed by atoms with Gasteiger partial charge in [0.2, 0.25) is 0 Å². The predicted molar refractivity (Wildman–Crippen MR) is 85.6 cm³/mol. The molecule has 0 saturated carbocycles. The molecule has 2 aromatic rings. The van der Waals surface area contributed by atoms with Crippen LogP contribution in [0.25, 0.3) is 0 Å². The second-order valence-corrected chi connectivity index (χ2v) is 5.80. The summed E-state index contributed by atoms with van der Waals surface area (Å²) in [7, 11) is 0. The van der Waals surface area contributed by atoms with Gasteiger partial charge in [-0.3, -0.25) is 4.79 Å². The summed E-state index contributed by atoms with van der Waals surface area (Å²) >= 11 is 3.29. The van der Waals surface area contributed by atoms with Gasteiger partial charge in [-0.1, -0.05) is 12.1 Å². The summed E-state index contributed by atoms with van der Waals surface area (Å²) in [4.78, 5) is 12.1. The van der Waals surface area contributed by atoms with E-state index in [9.17, 15) is 9.18 Å². The highest BCUT2D eigenvalue weighted by Crippen LogP contribution is 2.20. The van der Waals surface area contributed by atoms with Crippen LogP contribution in [-0.4, -0.2) is 11.9 Å². The Balaban J connectivity index is 1.98. The third-order valence-corrected chi connectivity index (χ3v) is 3.81. The van der Waals surface area contributed by atoms with Crippen molar-refractivity contribution in [3.8, 4) is 0 Å². The van der Waals surface area contributed by atoms with Gasteiger partial charge in [0.1, 0.15) is 5.82 Å². The lowest BCUT2D eigenvalue weighted by Crippen LogP contribution is -2.34. The molecule has 2 aromatic carbocycles. The maximum Gasteiger partial charge on any atom is 0.251 e. The number of carbonyl (C=O) groups excluding carboxylic acids is 1. The number of hydrogen-bond donors (Lipinski definition) is 2. The molecule has 0 bridgehead atoms. The minimum Gasteiger partial charge on any atom is -0.398 e. The van der Waals surface area contributed by atoms with Gasteiger partial charge < -0.3 is 11.1 Å². The van der Waals surface area contributed by atoms with Crippen LogP contribution in [0.5, 0.6) is 0 Å². The molecule has 110 valence electrons. The van der Waals surface area contributed by atoms with Crippen LogP contribution >= 0.6 is 15.9 Å². The maximum absolute atomic E-state index is 12.8. The topological polar surface area (TPSA) is 55.1 Å². The summed E-state index contributed by atoms with van der Waals surface area (Å²) in [5, 5.41) is 2.90. The molecule has 1 atom stereocenters. The summed E-state index contributed by atoms with van der Waals surface area (Å²) in [6.07, 6.45) is 0.637. The van der Waals surface area contributed by atoms with Crippen molar-refractivity contribution in [1.29, 1.82) is 0 Å². The largest absolute Gasteiger partial charge is 0.398 e. The lowest BCUT2D eigenvalue weighted by Gasteiger charge is -2.14.